The van der Waals surface area contributed by atoms with Crippen molar-refractivity contribution in [2.45, 2.75) is 32.7 Å². The summed E-state index contributed by atoms with van der Waals surface area (Å²) < 4.78 is 0. The predicted octanol–water partition coefficient (Wildman–Crippen LogP) is 2.70. The average Bonchev–Trinajstić information content (AvgIpc) is 2.71. The van der Waals surface area contributed by atoms with E-state index in [0.717, 1.165) is 25.3 Å². The van der Waals surface area contributed by atoms with Crippen molar-refractivity contribution in [1.29, 1.82) is 0 Å². The van der Waals surface area contributed by atoms with E-state index in [1.165, 1.54) is 17.7 Å². The zero-order chi connectivity index (χ0) is 20.2. The van der Waals surface area contributed by atoms with Gasteiger partial charge in [-0.15, -0.1) is 0 Å². The Morgan fingerprint density at radius 2 is 1.79 bits per heavy atom. The summed E-state index contributed by atoms with van der Waals surface area (Å²) in [5, 5.41) is 18.8. The molecule has 0 radical (unpaired) electrons. The Bertz CT molecular complexity index is 745. The van der Waals surface area contributed by atoms with Crippen LogP contribution in [0, 0.1) is 0 Å². The molecule has 28 heavy (non-hydrogen) atoms. The number of carbonyl (C=O) groups excluding carboxylic acids is 1. The number of carbonyl (C=O) groups is 1. The first-order valence-electron chi connectivity index (χ1n) is 9.74. The molecule has 0 aliphatic carbocycles. The van der Waals surface area contributed by atoms with Gasteiger partial charge in [-0.1, -0.05) is 30.3 Å². The van der Waals surface area contributed by atoms with E-state index in [4.69, 9.17) is 0 Å². The van der Waals surface area contributed by atoms with Crippen molar-refractivity contribution in [2.24, 2.45) is 4.99 Å². The highest BCUT2D eigenvalue weighted by atomic mass is 16.3. The first kappa shape index (κ1) is 21.3. The second-order valence-electron chi connectivity index (χ2n) is 6.63. The zero-order valence-electron chi connectivity index (χ0n) is 16.6. The number of aromatic hydroxyl groups is 1. The fourth-order valence-corrected chi connectivity index (χ4v) is 2.71. The molecule has 0 aliphatic heterocycles. The standard InChI is InChI=1S/C22H30N4O2/c1-3-23-22(26-17(2)9-10-18-7-5-4-6-8-18)25-16-15-24-21(28)19-11-13-20(27)14-12-19/h4-8,11-14,17,27H,3,9-10,15-16H2,1-2H3,(H,24,28)(H2,23,25,26). The molecule has 2 aromatic rings. The molecule has 1 unspecified atom stereocenters. The van der Waals surface area contributed by atoms with Gasteiger partial charge in [-0.3, -0.25) is 9.79 Å². The number of nitrogens with one attached hydrogen (secondary N) is 3. The number of aliphatic imine (C=N–C) groups is 1. The average molecular weight is 383 g/mol. The molecule has 1 amide bonds. The fraction of sp³-hybridized carbons (Fsp3) is 0.364. The van der Waals surface area contributed by atoms with Crippen molar-refractivity contribution in [2.75, 3.05) is 19.6 Å². The molecular weight excluding hydrogens is 352 g/mol. The van der Waals surface area contributed by atoms with Crippen molar-refractivity contribution < 1.29 is 9.90 Å². The lowest BCUT2D eigenvalue weighted by molar-refractivity contribution is 0.0955. The summed E-state index contributed by atoms with van der Waals surface area (Å²) in [6, 6.07) is 16.9. The van der Waals surface area contributed by atoms with Gasteiger partial charge >= 0.3 is 0 Å². The first-order chi connectivity index (χ1) is 13.6. The highest BCUT2D eigenvalue weighted by Crippen LogP contribution is 2.09. The molecule has 0 saturated heterocycles. The molecule has 0 fully saturated rings. The van der Waals surface area contributed by atoms with Crippen LogP contribution in [-0.4, -0.2) is 42.6 Å². The Kier molecular flexibility index (Phi) is 8.85. The first-order valence-corrected chi connectivity index (χ1v) is 9.74. The summed E-state index contributed by atoms with van der Waals surface area (Å²) >= 11 is 0. The molecule has 150 valence electrons. The molecule has 4 N–H and O–H groups in total. The van der Waals surface area contributed by atoms with Gasteiger partial charge in [0.05, 0.1) is 6.54 Å². The number of rotatable bonds is 9. The third-order valence-corrected chi connectivity index (χ3v) is 4.23. The van der Waals surface area contributed by atoms with Crippen molar-refractivity contribution in [1.82, 2.24) is 16.0 Å². The summed E-state index contributed by atoms with van der Waals surface area (Å²) in [6.07, 6.45) is 2.02. The lowest BCUT2D eigenvalue weighted by Gasteiger charge is -2.18. The number of amides is 1. The molecule has 0 aliphatic rings. The van der Waals surface area contributed by atoms with Crippen molar-refractivity contribution >= 4 is 11.9 Å². The number of hydrogen-bond donors (Lipinski definition) is 4. The number of aryl methyl sites for hydroxylation is 1. The summed E-state index contributed by atoms with van der Waals surface area (Å²) in [5.41, 5.74) is 1.84. The van der Waals surface area contributed by atoms with E-state index in [1.54, 1.807) is 12.1 Å². The van der Waals surface area contributed by atoms with Crippen molar-refractivity contribution in [3.05, 3.63) is 65.7 Å². The van der Waals surface area contributed by atoms with E-state index < -0.39 is 0 Å². The minimum atomic E-state index is -0.176. The number of phenolic OH excluding ortho intramolecular Hbond substituents is 1. The van der Waals surface area contributed by atoms with E-state index >= 15 is 0 Å². The van der Waals surface area contributed by atoms with Gasteiger partial charge in [-0.25, -0.2) is 0 Å². The Hall–Kier alpha value is -3.02. The zero-order valence-corrected chi connectivity index (χ0v) is 16.6. The van der Waals surface area contributed by atoms with E-state index in [0.29, 0.717) is 18.7 Å². The van der Waals surface area contributed by atoms with Gasteiger partial charge in [0, 0.05) is 24.7 Å². The quantitative estimate of drug-likeness (QED) is 0.305. The van der Waals surface area contributed by atoms with Crippen molar-refractivity contribution in [3.63, 3.8) is 0 Å². The monoisotopic (exact) mass is 382 g/mol. The molecule has 1 atom stereocenters. The second-order valence-corrected chi connectivity index (χ2v) is 6.63. The Balaban J connectivity index is 1.75. The summed E-state index contributed by atoms with van der Waals surface area (Å²) in [7, 11) is 0. The van der Waals surface area contributed by atoms with Crippen LogP contribution < -0.4 is 16.0 Å². The van der Waals surface area contributed by atoms with Gasteiger partial charge in [-0.05, 0) is 56.5 Å². The SMILES string of the molecule is CCNC(=NCCNC(=O)c1ccc(O)cc1)NC(C)CCc1ccccc1. The molecule has 6 nitrogen and oxygen atoms in total. The second kappa shape index (κ2) is 11.6. The fourth-order valence-electron chi connectivity index (χ4n) is 2.71. The van der Waals surface area contributed by atoms with Crippen LogP contribution in [0.1, 0.15) is 36.2 Å². The highest BCUT2D eigenvalue weighted by molar-refractivity contribution is 5.94. The van der Waals surface area contributed by atoms with E-state index in [2.05, 4.69) is 52.1 Å². The van der Waals surface area contributed by atoms with Gasteiger partial charge in [0.2, 0.25) is 0 Å². The van der Waals surface area contributed by atoms with E-state index in [-0.39, 0.29) is 17.7 Å². The van der Waals surface area contributed by atoms with Gasteiger partial charge in [0.1, 0.15) is 5.75 Å². The van der Waals surface area contributed by atoms with Crippen LogP contribution in [0.25, 0.3) is 0 Å². The maximum atomic E-state index is 12.1. The number of hydrogen-bond acceptors (Lipinski definition) is 3. The maximum Gasteiger partial charge on any atom is 0.251 e. The Morgan fingerprint density at radius 1 is 1.07 bits per heavy atom. The van der Waals surface area contributed by atoms with Gasteiger partial charge in [-0.2, -0.15) is 0 Å². The smallest absolute Gasteiger partial charge is 0.251 e. The Labute approximate surface area is 167 Å². The highest BCUT2D eigenvalue weighted by Gasteiger charge is 2.07. The number of guanidine groups is 1. The van der Waals surface area contributed by atoms with Crippen LogP contribution in [0.5, 0.6) is 5.75 Å². The normalized spacial score (nSPS) is 12.3. The molecular formula is C22H30N4O2. The number of phenols is 1. The molecule has 0 bridgehead atoms. The third kappa shape index (κ3) is 7.70. The van der Waals surface area contributed by atoms with Crippen LogP contribution in [0.2, 0.25) is 0 Å². The minimum Gasteiger partial charge on any atom is -0.508 e. The largest absolute Gasteiger partial charge is 0.508 e. The third-order valence-electron chi connectivity index (χ3n) is 4.23. The lowest BCUT2D eigenvalue weighted by Crippen LogP contribution is -2.42. The molecule has 0 saturated carbocycles. The Morgan fingerprint density at radius 3 is 2.46 bits per heavy atom. The molecule has 2 rings (SSSR count). The van der Waals surface area contributed by atoms with E-state index in [9.17, 15) is 9.90 Å². The predicted molar refractivity (Wildman–Crippen MR) is 114 cm³/mol. The number of benzene rings is 2. The molecule has 0 aromatic heterocycles. The van der Waals surface area contributed by atoms with Crippen LogP contribution in [-0.2, 0) is 6.42 Å². The molecule has 0 spiro atoms. The number of nitrogens with zero attached hydrogens (tertiary/aromatic N) is 1. The van der Waals surface area contributed by atoms with Crippen LogP contribution in [0.15, 0.2) is 59.6 Å². The van der Waals surface area contributed by atoms with Gasteiger partial charge in [0.25, 0.3) is 5.91 Å². The minimum absolute atomic E-state index is 0.142. The van der Waals surface area contributed by atoms with Crippen LogP contribution >= 0.6 is 0 Å². The van der Waals surface area contributed by atoms with Crippen molar-refractivity contribution in [3.8, 4) is 5.75 Å². The van der Waals surface area contributed by atoms with E-state index in [1.807, 2.05) is 13.0 Å². The van der Waals surface area contributed by atoms with Crippen LogP contribution in [0.3, 0.4) is 0 Å². The summed E-state index contributed by atoms with van der Waals surface area (Å²) in [4.78, 5) is 16.6. The van der Waals surface area contributed by atoms with Crippen LogP contribution in [0.4, 0.5) is 0 Å². The van der Waals surface area contributed by atoms with Gasteiger partial charge in [0.15, 0.2) is 5.96 Å². The molecule has 0 heterocycles. The molecule has 2 aromatic carbocycles. The summed E-state index contributed by atoms with van der Waals surface area (Å²) in [6.45, 7) is 5.86. The topological polar surface area (TPSA) is 85.8 Å². The maximum absolute atomic E-state index is 12.1. The summed E-state index contributed by atoms with van der Waals surface area (Å²) in [5.74, 6) is 0.718. The lowest BCUT2D eigenvalue weighted by atomic mass is 10.1. The van der Waals surface area contributed by atoms with Gasteiger partial charge < -0.3 is 21.1 Å². The molecule has 6 heteroatoms.